The van der Waals surface area contributed by atoms with Crippen molar-refractivity contribution >= 4 is 17.2 Å². The molecule has 1 saturated carbocycles. The van der Waals surface area contributed by atoms with E-state index in [1.54, 1.807) is 12.1 Å². The summed E-state index contributed by atoms with van der Waals surface area (Å²) in [6, 6.07) is 5.42. The van der Waals surface area contributed by atoms with E-state index < -0.39 is 0 Å². The topological polar surface area (TPSA) is 29.3 Å². The van der Waals surface area contributed by atoms with Crippen LogP contribution in [-0.2, 0) is 6.54 Å². The monoisotopic (exact) mass is 306 g/mol. The molecule has 1 aliphatic carbocycles. The van der Waals surface area contributed by atoms with Gasteiger partial charge < -0.3 is 5.73 Å². The van der Waals surface area contributed by atoms with Crippen molar-refractivity contribution in [1.82, 2.24) is 4.90 Å². The minimum absolute atomic E-state index is 0.206. The van der Waals surface area contributed by atoms with E-state index in [0.717, 1.165) is 30.1 Å². The van der Waals surface area contributed by atoms with E-state index in [4.69, 9.17) is 18.0 Å². The highest BCUT2D eigenvalue weighted by molar-refractivity contribution is 7.80. The number of piperidine rings is 1. The lowest BCUT2D eigenvalue weighted by Crippen LogP contribution is -2.46. The van der Waals surface area contributed by atoms with E-state index in [2.05, 4.69) is 4.90 Å². The summed E-state index contributed by atoms with van der Waals surface area (Å²) in [5, 5.41) is 0. The van der Waals surface area contributed by atoms with Gasteiger partial charge in [-0.05, 0) is 61.9 Å². The minimum Gasteiger partial charge on any atom is -0.389 e. The highest BCUT2D eigenvalue weighted by Gasteiger charge is 2.33. The molecule has 2 fully saturated rings. The largest absolute Gasteiger partial charge is 0.389 e. The molecule has 0 spiro atoms. The zero-order valence-electron chi connectivity index (χ0n) is 12.4. The van der Waals surface area contributed by atoms with Crippen molar-refractivity contribution in [2.75, 3.05) is 6.54 Å². The van der Waals surface area contributed by atoms with Gasteiger partial charge in [-0.25, -0.2) is 4.39 Å². The smallest absolute Gasteiger partial charge is 0.123 e. The Hall–Kier alpha value is -1.00. The molecular formula is C17H23FN2S. The molecule has 3 rings (SSSR count). The van der Waals surface area contributed by atoms with E-state index in [1.165, 1.54) is 44.6 Å². The fourth-order valence-electron chi connectivity index (χ4n) is 4.08. The molecule has 1 aromatic carbocycles. The third-order valence-electron chi connectivity index (χ3n) is 5.06. The first kappa shape index (κ1) is 14.9. The summed E-state index contributed by atoms with van der Waals surface area (Å²) in [5.74, 6) is 0.622. The fourth-order valence-corrected chi connectivity index (χ4v) is 4.28. The molecule has 0 aromatic heterocycles. The second-order valence-corrected chi connectivity index (χ2v) is 6.83. The molecule has 1 aromatic rings. The molecule has 1 heterocycles. The normalized spacial score (nSPS) is 26.3. The first-order valence-corrected chi connectivity index (χ1v) is 8.38. The van der Waals surface area contributed by atoms with Crippen LogP contribution in [0.4, 0.5) is 4.39 Å². The van der Waals surface area contributed by atoms with Gasteiger partial charge in [0.25, 0.3) is 0 Å². The third kappa shape index (κ3) is 3.27. The minimum atomic E-state index is -0.206. The lowest BCUT2D eigenvalue weighted by Gasteiger charge is -2.44. The van der Waals surface area contributed by atoms with Crippen molar-refractivity contribution in [2.24, 2.45) is 11.7 Å². The molecule has 2 atom stereocenters. The number of thiocarbonyl (C=S) groups is 1. The van der Waals surface area contributed by atoms with Crippen LogP contribution in [0.15, 0.2) is 18.2 Å². The van der Waals surface area contributed by atoms with Crippen molar-refractivity contribution in [3.63, 3.8) is 0 Å². The summed E-state index contributed by atoms with van der Waals surface area (Å²) < 4.78 is 13.6. The van der Waals surface area contributed by atoms with E-state index >= 15 is 0 Å². The fraction of sp³-hybridized carbons (Fsp3) is 0.588. The Morgan fingerprint density at radius 2 is 2.00 bits per heavy atom. The second kappa shape index (κ2) is 6.41. The molecule has 0 amide bonds. The summed E-state index contributed by atoms with van der Waals surface area (Å²) in [4.78, 5) is 2.89. The summed E-state index contributed by atoms with van der Waals surface area (Å²) >= 11 is 5.11. The molecule has 1 aliphatic heterocycles. The molecule has 114 valence electrons. The van der Waals surface area contributed by atoms with Crippen LogP contribution in [0.25, 0.3) is 0 Å². The summed E-state index contributed by atoms with van der Waals surface area (Å²) in [7, 11) is 0. The van der Waals surface area contributed by atoms with Gasteiger partial charge in [-0.3, -0.25) is 4.90 Å². The lowest BCUT2D eigenvalue weighted by molar-refractivity contribution is 0.0546. The maximum absolute atomic E-state index is 13.6. The maximum Gasteiger partial charge on any atom is 0.123 e. The Balaban J connectivity index is 1.82. The standard InChI is InChI=1S/C17H23FN2S/c18-14-7-8-15(17(19)21)13(10-14)11-20-9-3-5-12-4-1-2-6-16(12)20/h7-8,10,12,16H,1-6,9,11H2,(H2,19,21)/t12-,16-/m1/s1. The molecule has 2 aliphatic rings. The second-order valence-electron chi connectivity index (χ2n) is 6.39. The Morgan fingerprint density at radius 1 is 1.24 bits per heavy atom. The van der Waals surface area contributed by atoms with Gasteiger partial charge in [-0.1, -0.05) is 25.1 Å². The van der Waals surface area contributed by atoms with Crippen LogP contribution in [0.5, 0.6) is 0 Å². The van der Waals surface area contributed by atoms with Gasteiger partial charge in [0.05, 0.1) is 0 Å². The Bertz CT molecular complexity index is 530. The molecule has 0 radical (unpaired) electrons. The van der Waals surface area contributed by atoms with Gasteiger partial charge in [0.1, 0.15) is 10.8 Å². The molecule has 4 heteroatoms. The first-order valence-electron chi connectivity index (χ1n) is 7.97. The molecule has 1 saturated heterocycles. The molecular weight excluding hydrogens is 283 g/mol. The Labute approximate surface area is 131 Å². The van der Waals surface area contributed by atoms with Crippen molar-refractivity contribution in [3.8, 4) is 0 Å². The Kier molecular flexibility index (Phi) is 4.55. The van der Waals surface area contributed by atoms with Crippen molar-refractivity contribution < 1.29 is 4.39 Å². The van der Waals surface area contributed by atoms with E-state index in [-0.39, 0.29) is 5.82 Å². The Morgan fingerprint density at radius 3 is 2.81 bits per heavy atom. The van der Waals surface area contributed by atoms with E-state index in [9.17, 15) is 4.39 Å². The number of nitrogens with two attached hydrogens (primary N) is 1. The predicted molar refractivity (Wildman–Crippen MR) is 87.7 cm³/mol. The molecule has 0 unspecified atom stereocenters. The summed E-state index contributed by atoms with van der Waals surface area (Å²) in [6.07, 6.45) is 7.93. The molecule has 0 bridgehead atoms. The number of nitrogens with zero attached hydrogens (tertiary/aromatic N) is 1. The van der Waals surface area contributed by atoms with Crippen LogP contribution in [-0.4, -0.2) is 22.5 Å². The summed E-state index contributed by atoms with van der Waals surface area (Å²) in [5.41, 5.74) is 7.55. The van der Waals surface area contributed by atoms with E-state index in [0.29, 0.717) is 11.0 Å². The first-order chi connectivity index (χ1) is 10.1. The average molecular weight is 306 g/mol. The number of rotatable bonds is 3. The van der Waals surface area contributed by atoms with Crippen molar-refractivity contribution in [3.05, 3.63) is 35.1 Å². The van der Waals surface area contributed by atoms with Crippen LogP contribution in [0.3, 0.4) is 0 Å². The molecule has 2 N–H and O–H groups in total. The summed E-state index contributed by atoms with van der Waals surface area (Å²) in [6.45, 7) is 1.88. The van der Waals surface area contributed by atoms with Crippen molar-refractivity contribution in [1.29, 1.82) is 0 Å². The maximum atomic E-state index is 13.6. The van der Waals surface area contributed by atoms with Gasteiger partial charge in [0.2, 0.25) is 0 Å². The van der Waals surface area contributed by atoms with Crippen molar-refractivity contribution in [2.45, 2.75) is 51.1 Å². The van der Waals surface area contributed by atoms with Crippen LogP contribution in [0.2, 0.25) is 0 Å². The zero-order valence-corrected chi connectivity index (χ0v) is 13.2. The van der Waals surface area contributed by atoms with Crippen LogP contribution in [0, 0.1) is 11.7 Å². The van der Waals surface area contributed by atoms with Gasteiger partial charge >= 0.3 is 0 Å². The quantitative estimate of drug-likeness (QED) is 0.865. The average Bonchev–Trinajstić information content (AvgIpc) is 2.47. The number of benzene rings is 1. The SMILES string of the molecule is NC(=S)c1ccc(F)cc1CN1CCC[C@H]2CCCC[C@H]21. The van der Waals surface area contributed by atoms with E-state index in [1.807, 2.05) is 0 Å². The molecule has 21 heavy (non-hydrogen) atoms. The molecule has 2 nitrogen and oxygen atoms in total. The predicted octanol–water partition coefficient (Wildman–Crippen LogP) is 3.61. The van der Waals surface area contributed by atoms with Gasteiger partial charge in [0.15, 0.2) is 0 Å². The lowest BCUT2D eigenvalue weighted by atomic mass is 9.78. The van der Waals surface area contributed by atoms with Crippen LogP contribution < -0.4 is 5.73 Å². The number of likely N-dealkylation sites (tertiary alicyclic amines) is 1. The van der Waals surface area contributed by atoms with Gasteiger partial charge in [-0.15, -0.1) is 0 Å². The zero-order chi connectivity index (χ0) is 14.8. The number of fused-ring (bicyclic) bond motifs is 1. The van der Waals surface area contributed by atoms with Crippen LogP contribution in [0.1, 0.15) is 49.7 Å². The van der Waals surface area contributed by atoms with Crippen LogP contribution >= 0.6 is 12.2 Å². The highest BCUT2D eigenvalue weighted by Crippen LogP contribution is 2.36. The van der Waals surface area contributed by atoms with Gasteiger partial charge in [0, 0.05) is 18.2 Å². The van der Waals surface area contributed by atoms with Gasteiger partial charge in [-0.2, -0.15) is 0 Å². The number of halogens is 1. The third-order valence-corrected chi connectivity index (χ3v) is 5.28. The number of hydrogen-bond donors (Lipinski definition) is 1. The highest BCUT2D eigenvalue weighted by atomic mass is 32.1. The number of hydrogen-bond acceptors (Lipinski definition) is 2.